The molecule has 0 saturated heterocycles. The van der Waals surface area contributed by atoms with Crippen LogP contribution in [0.2, 0.25) is 0 Å². The summed E-state index contributed by atoms with van der Waals surface area (Å²) in [6.45, 7) is 5.39. The van der Waals surface area contributed by atoms with Crippen molar-refractivity contribution in [1.29, 1.82) is 0 Å². The van der Waals surface area contributed by atoms with Gasteiger partial charge in [0.1, 0.15) is 12.2 Å². The van der Waals surface area contributed by atoms with Crippen LogP contribution in [0.1, 0.15) is 42.0 Å². The molecular weight excluding hydrogens is 488 g/mol. The third-order valence-corrected chi connectivity index (χ3v) is 7.11. The van der Waals surface area contributed by atoms with Gasteiger partial charge in [-0.2, -0.15) is 0 Å². The van der Waals surface area contributed by atoms with Crippen molar-refractivity contribution in [2.45, 2.75) is 58.1 Å². The lowest BCUT2D eigenvalue weighted by atomic mass is 9.77. The normalized spacial score (nSPS) is 21.7. The van der Waals surface area contributed by atoms with Crippen LogP contribution in [0.4, 0.5) is 0 Å². The molecule has 2 amide bonds. The van der Waals surface area contributed by atoms with Gasteiger partial charge in [-0.3, -0.25) is 9.59 Å². The van der Waals surface area contributed by atoms with Gasteiger partial charge in [0, 0.05) is 30.1 Å². The fourth-order valence-electron chi connectivity index (χ4n) is 5.17. The molecule has 0 fully saturated rings. The Morgan fingerprint density at radius 1 is 1.13 bits per heavy atom. The van der Waals surface area contributed by atoms with Crippen LogP contribution in [0.3, 0.4) is 0 Å². The van der Waals surface area contributed by atoms with Crippen LogP contribution in [0.15, 0.2) is 48.0 Å². The second-order valence-electron chi connectivity index (χ2n) is 10.1. The lowest BCUT2D eigenvalue weighted by Crippen LogP contribution is -2.56. The number of nitrogens with zero attached hydrogens (tertiary/aromatic N) is 1. The van der Waals surface area contributed by atoms with Crippen LogP contribution in [0, 0.1) is 12.8 Å². The molecule has 2 aliphatic rings. The molecule has 0 aromatic heterocycles. The third-order valence-electron chi connectivity index (χ3n) is 7.11. The number of aryl methyl sites for hydroxylation is 1. The van der Waals surface area contributed by atoms with Gasteiger partial charge in [-0.1, -0.05) is 43.7 Å². The summed E-state index contributed by atoms with van der Waals surface area (Å²) < 4.78 is 11.8. The molecule has 2 aromatic rings. The standard InChI is InChI=1S/C29H36N2O7/c1-16(2)29(36)31(14-18-7-5-17(3)6-8-18)22-13-21(28(35)30-9-10-32)24-20-11-19(15-33)12-23(37-4)26(20)38-27(24)25(22)34/h5-8,11-13,16,22,24-25,27,32-34H,9-10,14-15H2,1-4H3,(H,30,35). The monoisotopic (exact) mass is 524 g/mol. The van der Waals surface area contributed by atoms with Gasteiger partial charge in [0.05, 0.1) is 32.3 Å². The highest BCUT2D eigenvalue weighted by atomic mass is 16.5. The van der Waals surface area contributed by atoms with Gasteiger partial charge in [0.2, 0.25) is 11.8 Å². The van der Waals surface area contributed by atoms with Gasteiger partial charge in [0.25, 0.3) is 0 Å². The van der Waals surface area contributed by atoms with Gasteiger partial charge in [-0.25, -0.2) is 0 Å². The Kier molecular flexibility index (Phi) is 8.40. The van der Waals surface area contributed by atoms with Crippen molar-refractivity contribution in [1.82, 2.24) is 10.2 Å². The highest BCUT2D eigenvalue weighted by molar-refractivity contribution is 5.96. The topological polar surface area (TPSA) is 129 Å². The van der Waals surface area contributed by atoms with Gasteiger partial charge in [0.15, 0.2) is 11.5 Å². The number of benzene rings is 2. The van der Waals surface area contributed by atoms with Crippen molar-refractivity contribution in [3.63, 3.8) is 0 Å². The molecule has 1 aliphatic heterocycles. The lowest BCUT2D eigenvalue weighted by molar-refractivity contribution is -0.141. The average molecular weight is 525 g/mol. The molecular formula is C29H36N2O7. The maximum Gasteiger partial charge on any atom is 0.247 e. The zero-order valence-corrected chi connectivity index (χ0v) is 22.2. The molecule has 4 atom stereocenters. The Bertz CT molecular complexity index is 1210. The van der Waals surface area contributed by atoms with Crippen LogP contribution in [0.25, 0.3) is 0 Å². The molecule has 38 heavy (non-hydrogen) atoms. The molecule has 1 heterocycles. The second kappa shape index (κ2) is 11.6. The summed E-state index contributed by atoms with van der Waals surface area (Å²) in [4.78, 5) is 28.4. The van der Waals surface area contributed by atoms with E-state index in [2.05, 4.69) is 5.32 Å². The summed E-state index contributed by atoms with van der Waals surface area (Å²) in [5, 5.41) is 33.5. The van der Waals surface area contributed by atoms with Crippen molar-refractivity contribution >= 4 is 11.8 Å². The minimum atomic E-state index is -1.16. The molecule has 204 valence electrons. The number of hydrogen-bond donors (Lipinski definition) is 4. The fourth-order valence-corrected chi connectivity index (χ4v) is 5.17. The number of carbonyl (C=O) groups is 2. The van der Waals surface area contributed by atoms with E-state index in [1.165, 1.54) is 7.11 Å². The maximum atomic E-state index is 13.5. The Hall–Kier alpha value is -3.40. The van der Waals surface area contributed by atoms with Crippen molar-refractivity contribution < 1.29 is 34.4 Å². The molecule has 2 aromatic carbocycles. The SMILES string of the molecule is COc1cc(CO)cc2c1OC1C2C(C(=O)NCCO)=CC(N(Cc2ccc(C)cc2)C(=O)C(C)C)C1O. The maximum absolute atomic E-state index is 13.5. The van der Waals surface area contributed by atoms with Crippen molar-refractivity contribution in [3.05, 3.63) is 70.3 Å². The number of rotatable bonds is 9. The highest BCUT2D eigenvalue weighted by Gasteiger charge is 2.51. The largest absolute Gasteiger partial charge is 0.493 e. The molecule has 4 rings (SSSR count). The van der Waals surface area contributed by atoms with E-state index in [1.807, 2.05) is 31.2 Å². The van der Waals surface area contributed by atoms with Gasteiger partial charge in [-0.05, 0) is 36.3 Å². The van der Waals surface area contributed by atoms with E-state index < -0.39 is 30.1 Å². The quantitative estimate of drug-likeness (QED) is 0.394. The molecule has 0 radical (unpaired) electrons. The molecule has 1 aliphatic carbocycles. The molecule has 0 spiro atoms. The molecule has 4 unspecified atom stereocenters. The second-order valence-corrected chi connectivity index (χ2v) is 10.1. The highest BCUT2D eigenvalue weighted by Crippen LogP contribution is 2.51. The Morgan fingerprint density at radius 3 is 2.45 bits per heavy atom. The number of nitrogens with one attached hydrogen (secondary N) is 1. The minimum Gasteiger partial charge on any atom is -0.493 e. The van der Waals surface area contributed by atoms with E-state index in [1.54, 1.807) is 37.0 Å². The van der Waals surface area contributed by atoms with E-state index in [-0.39, 0.29) is 38.1 Å². The lowest BCUT2D eigenvalue weighted by Gasteiger charge is -2.41. The van der Waals surface area contributed by atoms with Crippen LogP contribution in [-0.4, -0.2) is 70.5 Å². The van der Waals surface area contributed by atoms with Crippen molar-refractivity contribution in [2.75, 3.05) is 20.3 Å². The predicted octanol–water partition coefficient (Wildman–Crippen LogP) is 1.80. The van der Waals surface area contributed by atoms with Gasteiger partial charge in [-0.15, -0.1) is 0 Å². The third kappa shape index (κ3) is 5.27. The zero-order chi connectivity index (χ0) is 27.6. The summed E-state index contributed by atoms with van der Waals surface area (Å²) in [7, 11) is 1.48. The Morgan fingerprint density at radius 2 is 1.84 bits per heavy atom. The Labute approximate surface area is 222 Å². The number of methoxy groups -OCH3 is 1. The molecule has 4 N–H and O–H groups in total. The minimum absolute atomic E-state index is 0.0481. The van der Waals surface area contributed by atoms with Crippen molar-refractivity contribution in [3.8, 4) is 11.5 Å². The van der Waals surface area contributed by atoms with E-state index in [0.717, 1.165) is 11.1 Å². The van der Waals surface area contributed by atoms with Crippen LogP contribution in [0.5, 0.6) is 11.5 Å². The van der Waals surface area contributed by atoms with Crippen LogP contribution in [-0.2, 0) is 22.7 Å². The van der Waals surface area contributed by atoms with Crippen molar-refractivity contribution in [2.24, 2.45) is 5.92 Å². The van der Waals surface area contributed by atoms with Gasteiger partial charge < -0.3 is 35.0 Å². The zero-order valence-electron chi connectivity index (χ0n) is 22.2. The number of aliphatic hydroxyl groups is 3. The first-order valence-corrected chi connectivity index (χ1v) is 12.8. The molecule has 0 saturated carbocycles. The molecule has 0 bridgehead atoms. The first kappa shape index (κ1) is 27.6. The number of aliphatic hydroxyl groups excluding tert-OH is 3. The molecule has 9 heteroatoms. The fraction of sp³-hybridized carbons (Fsp3) is 0.448. The Balaban J connectivity index is 1.82. The van der Waals surface area contributed by atoms with E-state index >= 15 is 0 Å². The summed E-state index contributed by atoms with van der Waals surface area (Å²) in [6.07, 6.45) is -0.390. The summed E-state index contributed by atoms with van der Waals surface area (Å²) in [6, 6.07) is 10.4. The average Bonchev–Trinajstić information content (AvgIpc) is 3.31. The summed E-state index contributed by atoms with van der Waals surface area (Å²) in [5.74, 6) is -0.835. The molecule has 9 nitrogen and oxygen atoms in total. The van der Waals surface area contributed by atoms with E-state index in [0.29, 0.717) is 28.2 Å². The smallest absolute Gasteiger partial charge is 0.247 e. The number of ether oxygens (including phenoxy) is 2. The first-order chi connectivity index (χ1) is 18.2. The first-order valence-electron chi connectivity index (χ1n) is 12.8. The van der Waals surface area contributed by atoms with Crippen LogP contribution < -0.4 is 14.8 Å². The van der Waals surface area contributed by atoms with Crippen LogP contribution >= 0.6 is 0 Å². The summed E-state index contributed by atoms with van der Waals surface area (Å²) >= 11 is 0. The number of fused-ring (bicyclic) bond motifs is 3. The number of hydrogen-bond acceptors (Lipinski definition) is 7. The van der Waals surface area contributed by atoms with Gasteiger partial charge >= 0.3 is 0 Å². The summed E-state index contributed by atoms with van der Waals surface area (Å²) in [5.41, 5.74) is 3.49. The van der Waals surface area contributed by atoms with E-state index in [4.69, 9.17) is 9.47 Å². The number of amides is 2. The predicted molar refractivity (Wildman–Crippen MR) is 141 cm³/mol. The number of carbonyl (C=O) groups excluding carboxylic acids is 2. The van der Waals surface area contributed by atoms with E-state index in [9.17, 15) is 24.9 Å².